The molecule has 0 aromatic carbocycles. The van der Waals surface area contributed by atoms with Crippen LogP contribution in [0.5, 0.6) is 0 Å². The summed E-state index contributed by atoms with van der Waals surface area (Å²) in [6.45, 7) is 9.22. The van der Waals surface area contributed by atoms with Gasteiger partial charge in [-0.3, -0.25) is 0 Å². The fourth-order valence-corrected chi connectivity index (χ4v) is 1.43. The molecule has 0 unspecified atom stereocenters. The van der Waals surface area contributed by atoms with Crippen LogP contribution in [-0.2, 0) is 6.42 Å². The average molecular weight is 222 g/mol. The van der Waals surface area contributed by atoms with E-state index in [-0.39, 0.29) is 0 Å². The SMILES string of the molecule is CCc1cc(NCCN(C)CC)nc(C)n1. The monoisotopic (exact) mass is 222 g/mol. The minimum Gasteiger partial charge on any atom is -0.369 e. The van der Waals surface area contributed by atoms with Gasteiger partial charge < -0.3 is 10.2 Å². The van der Waals surface area contributed by atoms with E-state index in [1.807, 2.05) is 13.0 Å². The predicted octanol–water partition coefficient (Wildman–Crippen LogP) is 1.71. The van der Waals surface area contributed by atoms with Crippen molar-refractivity contribution in [2.75, 3.05) is 32.0 Å². The van der Waals surface area contributed by atoms with Crippen molar-refractivity contribution in [2.45, 2.75) is 27.2 Å². The molecule has 1 aromatic rings. The number of nitrogens with zero attached hydrogens (tertiary/aromatic N) is 3. The number of nitrogens with one attached hydrogen (secondary N) is 1. The van der Waals surface area contributed by atoms with Crippen molar-refractivity contribution in [3.05, 3.63) is 17.6 Å². The standard InChI is InChI=1S/C12H22N4/c1-5-11-9-12(15-10(3)14-11)13-7-8-16(4)6-2/h9H,5-8H2,1-4H3,(H,13,14,15). The van der Waals surface area contributed by atoms with Gasteiger partial charge in [-0.15, -0.1) is 0 Å². The van der Waals surface area contributed by atoms with Crippen molar-refractivity contribution in [1.82, 2.24) is 14.9 Å². The van der Waals surface area contributed by atoms with Crippen LogP contribution in [0, 0.1) is 6.92 Å². The molecule has 0 aliphatic heterocycles. The molecule has 0 radical (unpaired) electrons. The van der Waals surface area contributed by atoms with E-state index in [1.165, 1.54) is 0 Å². The van der Waals surface area contributed by atoms with Crippen LogP contribution in [0.25, 0.3) is 0 Å². The molecule has 16 heavy (non-hydrogen) atoms. The van der Waals surface area contributed by atoms with Crippen LogP contribution in [0.15, 0.2) is 6.07 Å². The molecule has 4 nitrogen and oxygen atoms in total. The smallest absolute Gasteiger partial charge is 0.129 e. The number of aromatic nitrogens is 2. The molecule has 1 N–H and O–H groups in total. The third-order valence-electron chi connectivity index (χ3n) is 2.59. The summed E-state index contributed by atoms with van der Waals surface area (Å²) >= 11 is 0. The van der Waals surface area contributed by atoms with E-state index in [9.17, 15) is 0 Å². The highest BCUT2D eigenvalue weighted by molar-refractivity contribution is 5.35. The summed E-state index contributed by atoms with van der Waals surface area (Å²) < 4.78 is 0. The summed E-state index contributed by atoms with van der Waals surface area (Å²) in [5.41, 5.74) is 1.10. The van der Waals surface area contributed by atoms with Gasteiger partial charge in [0.25, 0.3) is 0 Å². The van der Waals surface area contributed by atoms with Gasteiger partial charge in [0.2, 0.25) is 0 Å². The zero-order valence-electron chi connectivity index (χ0n) is 10.7. The molecule has 1 heterocycles. The Labute approximate surface area is 98.1 Å². The quantitative estimate of drug-likeness (QED) is 0.795. The van der Waals surface area contributed by atoms with Crippen LogP contribution in [0.2, 0.25) is 0 Å². The van der Waals surface area contributed by atoms with Crippen LogP contribution in [-0.4, -0.2) is 41.5 Å². The number of hydrogen-bond acceptors (Lipinski definition) is 4. The lowest BCUT2D eigenvalue weighted by molar-refractivity contribution is 0.367. The van der Waals surface area contributed by atoms with Crippen LogP contribution < -0.4 is 5.32 Å². The second-order valence-electron chi connectivity index (χ2n) is 3.97. The maximum atomic E-state index is 4.36. The van der Waals surface area contributed by atoms with Gasteiger partial charge in [-0.05, 0) is 26.9 Å². The van der Waals surface area contributed by atoms with E-state index in [0.717, 1.165) is 43.4 Å². The lowest BCUT2D eigenvalue weighted by atomic mass is 10.3. The molecule has 0 spiro atoms. The van der Waals surface area contributed by atoms with Crippen LogP contribution in [0.3, 0.4) is 0 Å². The van der Waals surface area contributed by atoms with E-state index in [0.29, 0.717) is 0 Å². The third-order valence-corrected chi connectivity index (χ3v) is 2.59. The Kier molecular flexibility index (Phi) is 5.19. The number of rotatable bonds is 6. The molecule has 0 amide bonds. The van der Waals surface area contributed by atoms with Crippen molar-refractivity contribution < 1.29 is 0 Å². The first kappa shape index (κ1) is 12.9. The number of anilines is 1. The Morgan fingerprint density at radius 1 is 1.31 bits per heavy atom. The lowest BCUT2D eigenvalue weighted by Gasteiger charge is -2.14. The van der Waals surface area contributed by atoms with Crippen molar-refractivity contribution in [2.24, 2.45) is 0 Å². The van der Waals surface area contributed by atoms with Gasteiger partial charge in [0, 0.05) is 24.8 Å². The Bertz CT molecular complexity index is 325. The maximum Gasteiger partial charge on any atom is 0.129 e. The minimum absolute atomic E-state index is 0.839. The van der Waals surface area contributed by atoms with Crippen molar-refractivity contribution >= 4 is 5.82 Å². The largest absolute Gasteiger partial charge is 0.369 e. The average Bonchev–Trinajstić information content (AvgIpc) is 2.28. The normalized spacial score (nSPS) is 10.8. The summed E-state index contributed by atoms with van der Waals surface area (Å²) in [6, 6.07) is 2.03. The van der Waals surface area contributed by atoms with Crippen LogP contribution in [0.1, 0.15) is 25.4 Å². The van der Waals surface area contributed by atoms with Crippen molar-refractivity contribution in [1.29, 1.82) is 0 Å². The van der Waals surface area contributed by atoms with Crippen LogP contribution >= 0.6 is 0 Å². The first-order valence-electron chi connectivity index (χ1n) is 5.92. The van der Waals surface area contributed by atoms with E-state index in [4.69, 9.17) is 0 Å². The van der Waals surface area contributed by atoms with Crippen LogP contribution in [0.4, 0.5) is 5.82 Å². The molecule has 0 aliphatic rings. The predicted molar refractivity (Wildman–Crippen MR) is 67.8 cm³/mol. The summed E-state index contributed by atoms with van der Waals surface area (Å²) in [5.74, 6) is 1.78. The Morgan fingerprint density at radius 2 is 2.06 bits per heavy atom. The van der Waals surface area contributed by atoms with Crippen molar-refractivity contribution in [3.8, 4) is 0 Å². The molecule has 0 saturated carbocycles. The second-order valence-corrected chi connectivity index (χ2v) is 3.97. The summed E-state index contributed by atoms with van der Waals surface area (Å²) in [6.07, 6.45) is 0.951. The number of aryl methyl sites for hydroxylation is 2. The third kappa shape index (κ3) is 4.14. The van der Waals surface area contributed by atoms with Gasteiger partial charge in [0.05, 0.1) is 0 Å². The molecule has 0 bridgehead atoms. The van der Waals surface area contributed by atoms with Gasteiger partial charge in [-0.2, -0.15) is 0 Å². The zero-order chi connectivity index (χ0) is 12.0. The topological polar surface area (TPSA) is 41.0 Å². The minimum atomic E-state index is 0.839. The highest BCUT2D eigenvalue weighted by atomic mass is 15.1. The summed E-state index contributed by atoms with van der Waals surface area (Å²) in [4.78, 5) is 11.0. The molecule has 4 heteroatoms. The first-order valence-corrected chi connectivity index (χ1v) is 5.92. The van der Waals surface area contributed by atoms with Gasteiger partial charge >= 0.3 is 0 Å². The molecular formula is C12H22N4. The fraction of sp³-hybridized carbons (Fsp3) is 0.667. The van der Waals surface area contributed by atoms with Crippen molar-refractivity contribution in [3.63, 3.8) is 0 Å². The zero-order valence-corrected chi connectivity index (χ0v) is 10.7. The Hall–Kier alpha value is -1.16. The molecule has 90 valence electrons. The lowest BCUT2D eigenvalue weighted by Crippen LogP contribution is -2.25. The van der Waals surface area contributed by atoms with E-state index >= 15 is 0 Å². The summed E-state index contributed by atoms with van der Waals surface area (Å²) in [7, 11) is 2.12. The highest BCUT2D eigenvalue weighted by Crippen LogP contribution is 2.06. The second kappa shape index (κ2) is 6.43. The molecule has 0 aliphatic carbocycles. The van der Waals surface area contributed by atoms with E-state index < -0.39 is 0 Å². The van der Waals surface area contributed by atoms with Gasteiger partial charge in [-0.1, -0.05) is 13.8 Å². The van der Waals surface area contributed by atoms with Gasteiger partial charge in [0.1, 0.15) is 11.6 Å². The highest BCUT2D eigenvalue weighted by Gasteiger charge is 2.00. The molecule has 0 saturated heterocycles. The van der Waals surface area contributed by atoms with E-state index in [2.05, 4.69) is 41.1 Å². The molecule has 1 rings (SSSR count). The molecular weight excluding hydrogens is 200 g/mol. The van der Waals surface area contributed by atoms with Gasteiger partial charge in [0.15, 0.2) is 0 Å². The Balaban J connectivity index is 2.50. The van der Waals surface area contributed by atoms with E-state index in [1.54, 1.807) is 0 Å². The molecule has 0 atom stereocenters. The number of hydrogen-bond donors (Lipinski definition) is 1. The molecule has 0 fully saturated rings. The number of likely N-dealkylation sites (N-methyl/N-ethyl adjacent to an activating group) is 1. The fourth-order valence-electron chi connectivity index (χ4n) is 1.43. The Morgan fingerprint density at radius 3 is 2.69 bits per heavy atom. The first-order chi connectivity index (χ1) is 7.65. The molecule has 1 aromatic heterocycles. The summed E-state index contributed by atoms with van der Waals surface area (Å²) in [5, 5.41) is 3.33. The maximum absolute atomic E-state index is 4.36. The van der Waals surface area contributed by atoms with Gasteiger partial charge in [-0.25, -0.2) is 9.97 Å².